The summed E-state index contributed by atoms with van der Waals surface area (Å²) in [6.45, 7) is -0.259. The van der Waals surface area contributed by atoms with E-state index in [1.807, 2.05) is 0 Å². The third-order valence-corrected chi connectivity index (χ3v) is 2.77. The molecule has 0 fully saturated rings. The second kappa shape index (κ2) is 5.36. The molecule has 0 saturated heterocycles. The highest BCUT2D eigenvalue weighted by Crippen LogP contribution is 2.39. The molecular formula is C12H12ClNO5. The highest BCUT2D eigenvalue weighted by atomic mass is 35.5. The van der Waals surface area contributed by atoms with Crippen molar-refractivity contribution < 1.29 is 23.8 Å². The quantitative estimate of drug-likeness (QED) is 0.784. The number of halogens is 1. The van der Waals surface area contributed by atoms with Gasteiger partial charge in [0.05, 0.1) is 10.6 Å². The maximum atomic E-state index is 11.8. The Balaban J connectivity index is 2.08. The van der Waals surface area contributed by atoms with Crippen LogP contribution in [-0.4, -0.2) is 44.3 Å². The number of hydrogen-bond donors (Lipinski definition) is 0. The third-order valence-electron chi connectivity index (χ3n) is 2.49. The molecule has 0 radical (unpaired) electrons. The number of likely N-dealkylation sites (N-methyl/N-ethyl adjacent to an activating group) is 1. The van der Waals surface area contributed by atoms with Gasteiger partial charge in [-0.1, -0.05) is 11.6 Å². The van der Waals surface area contributed by atoms with Gasteiger partial charge >= 0.3 is 5.97 Å². The minimum absolute atomic E-state index is 0.0622. The predicted octanol–water partition coefficient (Wildman–Crippen LogP) is 1.31. The van der Waals surface area contributed by atoms with Crippen LogP contribution < -0.4 is 9.47 Å². The van der Waals surface area contributed by atoms with Crippen LogP contribution in [-0.2, 0) is 9.53 Å². The van der Waals surface area contributed by atoms with Gasteiger partial charge < -0.3 is 19.1 Å². The van der Waals surface area contributed by atoms with E-state index in [0.717, 1.165) is 0 Å². The number of amides is 1. The maximum Gasteiger partial charge on any atom is 0.338 e. The number of nitrogens with zero attached hydrogens (tertiary/aromatic N) is 1. The molecule has 1 amide bonds. The molecule has 0 saturated carbocycles. The Morgan fingerprint density at radius 2 is 2.11 bits per heavy atom. The maximum absolute atomic E-state index is 11.8. The molecule has 102 valence electrons. The van der Waals surface area contributed by atoms with Crippen molar-refractivity contribution in [1.29, 1.82) is 0 Å². The number of fused-ring (bicyclic) bond motifs is 1. The summed E-state index contributed by atoms with van der Waals surface area (Å²) >= 11 is 5.94. The van der Waals surface area contributed by atoms with Gasteiger partial charge in [-0.15, -0.1) is 0 Å². The summed E-state index contributed by atoms with van der Waals surface area (Å²) in [5.41, 5.74) is 0.209. The molecule has 2 rings (SSSR count). The van der Waals surface area contributed by atoms with Gasteiger partial charge in [-0.25, -0.2) is 4.79 Å². The van der Waals surface area contributed by atoms with Crippen LogP contribution in [0.5, 0.6) is 11.5 Å². The first kappa shape index (κ1) is 13.5. The summed E-state index contributed by atoms with van der Waals surface area (Å²) in [4.78, 5) is 24.4. The minimum atomic E-state index is -0.643. The van der Waals surface area contributed by atoms with E-state index in [4.69, 9.17) is 25.8 Å². The monoisotopic (exact) mass is 285 g/mol. The van der Waals surface area contributed by atoms with Crippen molar-refractivity contribution in [3.63, 3.8) is 0 Å². The normalized spacial score (nSPS) is 12.2. The predicted molar refractivity (Wildman–Crippen MR) is 66.6 cm³/mol. The minimum Gasteiger partial charge on any atom is -0.454 e. The molecule has 0 aromatic heterocycles. The molecule has 7 heteroatoms. The van der Waals surface area contributed by atoms with E-state index in [2.05, 4.69) is 0 Å². The Kier molecular flexibility index (Phi) is 3.80. The molecule has 0 aliphatic carbocycles. The van der Waals surface area contributed by atoms with E-state index < -0.39 is 5.97 Å². The fraction of sp³-hybridized carbons (Fsp3) is 0.333. The van der Waals surface area contributed by atoms with Gasteiger partial charge in [0.2, 0.25) is 6.79 Å². The Labute approximate surface area is 114 Å². The Hall–Kier alpha value is -1.95. The van der Waals surface area contributed by atoms with Gasteiger partial charge in [-0.05, 0) is 12.1 Å². The fourth-order valence-corrected chi connectivity index (χ4v) is 1.69. The summed E-state index contributed by atoms with van der Waals surface area (Å²) < 4.78 is 15.2. The number of carbonyl (C=O) groups is 2. The zero-order chi connectivity index (χ0) is 14.0. The fourth-order valence-electron chi connectivity index (χ4n) is 1.42. The molecular weight excluding hydrogens is 274 g/mol. The van der Waals surface area contributed by atoms with Crippen LogP contribution in [0.2, 0.25) is 5.02 Å². The van der Waals surface area contributed by atoms with Crippen LogP contribution in [0.25, 0.3) is 0 Å². The molecule has 1 heterocycles. The highest BCUT2D eigenvalue weighted by Gasteiger charge is 2.21. The summed E-state index contributed by atoms with van der Waals surface area (Å²) in [5.74, 6) is -0.156. The van der Waals surface area contributed by atoms with Crippen LogP contribution in [0.15, 0.2) is 12.1 Å². The van der Waals surface area contributed by atoms with Crippen molar-refractivity contribution in [1.82, 2.24) is 4.90 Å². The molecule has 0 N–H and O–H groups in total. The lowest BCUT2D eigenvalue weighted by atomic mass is 10.2. The van der Waals surface area contributed by atoms with Crippen LogP contribution in [0, 0.1) is 0 Å². The highest BCUT2D eigenvalue weighted by molar-refractivity contribution is 6.32. The van der Waals surface area contributed by atoms with Gasteiger partial charge in [0.1, 0.15) is 0 Å². The average molecular weight is 286 g/mol. The van der Waals surface area contributed by atoms with Gasteiger partial charge in [0.25, 0.3) is 5.91 Å². The molecule has 1 aliphatic heterocycles. The van der Waals surface area contributed by atoms with E-state index in [-0.39, 0.29) is 29.9 Å². The first-order chi connectivity index (χ1) is 8.99. The number of rotatable bonds is 3. The Bertz CT molecular complexity index is 529. The Morgan fingerprint density at radius 3 is 2.79 bits per heavy atom. The number of esters is 1. The SMILES string of the molecule is CN(C)C(=O)COC(=O)c1cc(Cl)c2c(c1)OCO2. The topological polar surface area (TPSA) is 65.1 Å². The van der Waals surface area contributed by atoms with E-state index in [9.17, 15) is 9.59 Å². The van der Waals surface area contributed by atoms with Gasteiger partial charge in [-0.2, -0.15) is 0 Å². The lowest BCUT2D eigenvalue weighted by Crippen LogP contribution is -2.27. The van der Waals surface area contributed by atoms with Crippen molar-refractivity contribution in [2.24, 2.45) is 0 Å². The first-order valence-corrected chi connectivity index (χ1v) is 5.83. The van der Waals surface area contributed by atoms with Crippen LogP contribution in [0.1, 0.15) is 10.4 Å². The molecule has 1 aromatic rings. The molecule has 1 aromatic carbocycles. The standard InChI is InChI=1S/C12H12ClNO5/c1-14(2)10(15)5-17-12(16)7-3-8(13)11-9(4-7)18-6-19-11/h3-4H,5-6H2,1-2H3. The van der Waals surface area contributed by atoms with Crippen molar-refractivity contribution in [3.05, 3.63) is 22.7 Å². The van der Waals surface area contributed by atoms with E-state index in [1.165, 1.54) is 17.0 Å². The van der Waals surface area contributed by atoms with Gasteiger partial charge in [0.15, 0.2) is 18.1 Å². The van der Waals surface area contributed by atoms with Crippen molar-refractivity contribution in [2.45, 2.75) is 0 Å². The Morgan fingerprint density at radius 1 is 1.37 bits per heavy atom. The van der Waals surface area contributed by atoms with Crippen molar-refractivity contribution in [3.8, 4) is 11.5 Å². The number of ether oxygens (including phenoxy) is 3. The second-order valence-corrected chi connectivity index (χ2v) is 4.46. The van der Waals surface area contributed by atoms with Crippen LogP contribution in [0.4, 0.5) is 0 Å². The van der Waals surface area contributed by atoms with Crippen molar-refractivity contribution >= 4 is 23.5 Å². The molecule has 0 bridgehead atoms. The van der Waals surface area contributed by atoms with Crippen molar-refractivity contribution in [2.75, 3.05) is 27.5 Å². The lowest BCUT2D eigenvalue weighted by molar-refractivity contribution is -0.131. The molecule has 0 spiro atoms. The molecule has 6 nitrogen and oxygen atoms in total. The number of carbonyl (C=O) groups excluding carboxylic acids is 2. The summed E-state index contributed by atoms with van der Waals surface area (Å²) in [5, 5.41) is 0.265. The second-order valence-electron chi connectivity index (χ2n) is 4.06. The molecule has 0 unspecified atom stereocenters. The van der Waals surface area contributed by atoms with Gasteiger partial charge in [0, 0.05) is 14.1 Å². The smallest absolute Gasteiger partial charge is 0.338 e. The number of hydrogen-bond acceptors (Lipinski definition) is 5. The molecule has 19 heavy (non-hydrogen) atoms. The largest absolute Gasteiger partial charge is 0.454 e. The summed E-state index contributed by atoms with van der Waals surface area (Å²) in [7, 11) is 3.15. The molecule has 0 atom stereocenters. The van der Waals surface area contributed by atoms with E-state index in [1.54, 1.807) is 14.1 Å². The van der Waals surface area contributed by atoms with Gasteiger partial charge in [-0.3, -0.25) is 4.79 Å². The van der Waals surface area contributed by atoms with Crippen LogP contribution >= 0.6 is 11.6 Å². The zero-order valence-corrected chi connectivity index (χ0v) is 11.2. The van der Waals surface area contributed by atoms with Crippen LogP contribution in [0.3, 0.4) is 0 Å². The van der Waals surface area contributed by atoms with E-state index in [0.29, 0.717) is 11.5 Å². The van der Waals surface area contributed by atoms with E-state index >= 15 is 0 Å². The summed E-state index contributed by atoms with van der Waals surface area (Å²) in [6.07, 6.45) is 0. The zero-order valence-electron chi connectivity index (χ0n) is 10.4. The molecule has 1 aliphatic rings. The average Bonchev–Trinajstić information content (AvgIpc) is 2.83. The third kappa shape index (κ3) is 2.90. The number of benzene rings is 1. The first-order valence-electron chi connectivity index (χ1n) is 5.45. The summed E-state index contributed by atoms with van der Waals surface area (Å²) in [6, 6.07) is 2.88. The lowest BCUT2D eigenvalue weighted by Gasteiger charge is -2.10.